The Balaban J connectivity index is 1.70. The van der Waals surface area contributed by atoms with Gasteiger partial charge in [-0.3, -0.25) is 4.79 Å². The molecule has 0 aliphatic carbocycles. The topological polar surface area (TPSA) is 55.4 Å². The summed E-state index contributed by atoms with van der Waals surface area (Å²) in [6, 6.07) is 12.8. The van der Waals surface area contributed by atoms with E-state index in [-0.39, 0.29) is 12.5 Å². The van der Waals surface area contributed by atoms with Gasteiger partial charge in [-0.2, -0.15) is 0 Å². The maximum Gasteiger partial charge on any atom is 0.338 e. The van der Waals surface area contributed by atoms with Gasteiger partial charge < -0.3 is 10.1 Å². The molecule has 3 rings (SSSR count). The van der Waals surface area contributed by atoms with Crippen molar-refractivity contribution in [3.05, 3.63) is 58.1 Å². The molecule has 22 heavy (non-hydrogen) atoms. The van der Waals surface area contributed by atoms with Gasteiger partial charge in [-0.1, -0.05) is 28.1 Å². The van der Waals surface area contributed by atoms with Gasteiger partial charge in [-0.05, 0) is 35.9 Å². The summed E-state index contributed by atoms with van der Waals surface area (Å²) in [4.78, 5) is 24.5. The van der Waals surface area contributed by atoms with Gasteiger partial charge >= 0.3 is 5.97 Å². The second kappa shape index (κ2) is 6.54. The van der Waals surface area contributed by atoms with E-state index in [1.807, 2.05) is 30.3 Å². The van der Waals surface area contributed by atoms with Gasteiger partial charge in [0.25, 0.3) is 0 Å². The number of esters is 1. The lowest BCUT2D eigenvalue weighted by atomic mass is 10.2. The van der Waals surface area contributed by atoms with Crippen LogP contribution in [0.25, 0.3) is 0 Å². The summed E-state index contributed by atoms with van der Waals surface area (Å²) in [5.41, 5.74) is 2.00. The number of rotatable bonds is 3. The maximum atomic E-state index is 12.1. The van der Waals surface area contributed by atoms with Crippen LogP contribution in [0.2, 0.25) is 0 Å². The molecule has 0 spiro atoms. The zero-order valence-electron chi connectivity index (χ0n) is 11.5. The van der Waals surface area contributed by atoms with Crippen molar-refractivity contribution in [1.29, 1.82) is 0 Å². The van der Waals surface area contributed by atoms with E-state index in [0.717, 1.165) is 14.9 Å². The minimum Gasteiger partial charge on any atom is -0.457 e. The summed E-state index contributed by atoms with van der Waals surface area (Å²) in [6.07, 6.45) is 0. The molecule has 1 heterocycles. The fourth-order valence-electron chi connectivity index (χ4n) is 2.07. The van der Waals surface area contributed by atoms with Crippen LogP contribution in [0.15, 0.2) is 51.8 Å². The highest BCUT2D eigenvalue weighted by molar-refractivity contribution is 9.10. The smallest absolute Gasteiger partial charge is 0.338 e. The molecule has 0 atom stereocenters. The summed E-state index contributed by atoms with van der Waals surface area (Å²) in [5, 5.41) is 2.76. The Morgan fingerprint density at radius 2 is 2.14 bits per heavy atom. The van der Waals surface area contributed by atoms with E-state index in [9.17, 15) is 9.59 Å². The monoisotopic (exact) mass is 377 g/mol. The number of fused-ring (bicyclic) bond motifs is 1. The second-order valence-corrected chi connectivity index (χ2v) is 6.69. The molecule has 0 saturated heterocycles. The molecule has 4 nitrogen and oxygen atoms in total. The third-order valence-electron chi connectivity index (χ3n) is 3.11. The number of carbonyl (C=O) groups is 2. The van der Waals surface area contributed by atoms with Crippen LogP contribution in [0.4, 0.5) is 5.69 Å². The summed E-state index contributed by atoms with van der Waals surface area (Å²) in [5.74, 6) is -0.0654. The van der Waals surface area contributed by atoms with Gasteiger partial charge in [0.05, 0.1) is 17.0 Å². The van der Waals surface area contributed by atoms with E-state index >= 15 is 0 Å². The molecule has 0 saturated carbocycles. The number of amides is 1. The molecule has 0 aromatic heterocycles. The molecule has 6 heteroatoms. The normalized spacial score (nSPS) is 13.2. The predicted molar refractivity (Wildman–Crippen MR) is 89.1 cm³/mol. The van der Waals surface area contributed by atoms with Gasteiger partial charge in [-0.25, -0.2) is 4.79 Å². The van der Waals surface area contributed by atoms with Gasteiger partial charge in [-0.15, -0.1) is 11.8 Å². The van der Waals surface area contributed by atoms with E-state index < -0.39 is 5.97 Å². The summed E-state index contributed by atoms with van der Waals surface area (Å²) >= 11 is 4.84. The molecule has 1 N–H and O–H groups in total. The van der Waals surface area contributed by atoms with Crippen molar-refractivity contribution in [3.63, 3.8) is 0 Å². The first-order valence-corrected chi connectivity index (χ1v) is 8.38. The molecule has 0 fully saturated rings. The molecule has 112 valence electrons. The number of ether oxygens (including phenoxy) is 1. The Hall–Kier alpha value is -1.79. The predicted octanol–water partition coefficient (Wildman–Crippen LogP) is 3.85. The Morgan fingerprint density at radius 1 is 1.27 bits per heavy atom. The number of nitrogens with one attached hydrogen (secondary N) is 1. The number of anilines is 1. The number of thioether (sulfide) groups is 1. The average molecular weight is 378 g/mol. The summed E-state index contributed by atoms with van der Waals surface area (Å²) in [7, 11) is 0. The lowest BCUT2D eigenvalue weighted by Crippen LogP contribution is -2.19. The van der Waals surface area contributed by atoms with Crippen molar-refractivity contribution in [1.82, 2.24) is 0 Å². The standard InChI is InChI=1S/C16H12BrNO3S/c17-12-3-1-2-10(6-12)8-21-16(20)11-4-5-14-13(7-11)18-15(19)9-22-14/h1-7H,8-9H2,(H,18,19). The first kappa shape index (κ1) is 15.1. The Morgan fingerprint density at radius 3 is 2.95 bits per heavy atom. The van der Waals surface area contributed by atoms with Crippen molar-refractivity contribution in [3.8, 4) is 0 Å². The third-order valence-corrected chi connectivity index (χ3v) is 4.67. The van der Waals surface area contributed by atoms with Crippen LogP contribution in [0.1, 0.15) is 15.9 Å². The van der Waals surface area contributed by atoms with Crippen LogP contribution in [0.5, 0.6) is 0 Å². The third kappa shape index (κ3) is 3.51. The fourth-order valence-corrected chi connectivity index (χ4v) is 3.30. The SMILES string of the molecule is O=C1CSc2ccc(C(=O)OCc3cccc(Br)c3)cc2N1. The van der Waals surface area contributed by atoms with Crippen molar-refractivity contribution in [2.75, 3.05) is 11.1 Å². The first-order valence-electron chi connectivity index (χ1n) is 6.60. The number of benzene rings is 2. The quantitative estimate of drug-likeness (QED) is 0.825. The number of hydrogen-bond donors (Lipinski definition) is 1. The van der Waals surface area contributed by atoms with Gasteiger partial charge in [0.15, 0.2) is 0 Å². The Bertz CT molecular complexity index is 748. The van der Waals surface area contributed by atoms with E-state index in [1.165, 1.54) is 11.8 Å². The number of hydrogen-bond acceptors (Lipinski definition) is 4. The van der Waals surface area contributed by atoms with Crippen molar-refractivity contribution < 1.29 is 14.3 Å². The van der Waals surface area contributed by atoms with Crippen LogP contribution in [-0.4, -0.2) is 17.6 Å². The van der Waals surface area contributed by atoms with E-state index in [2.05, 4.69) is 21.2 Å². The lowest BCUT2D eigenvalue weighted by Gasteiger charge is -2.16. The van der Waals surface area contributed by atoms with Gasteiger partial charge in [0, 0.05) is 9.37 Å². The molecule has 2 aromatic rings. The van der Waals surface area contributed by atoms with E-state index in [1.54, 1.807) is 12.1 Å². The molecular weight excluding hydrogens is 366 g/mol. The van der Waals surface area contributed by atoms with Crippen LogP contribution in [-0.2, 0) is 16.1 Å². The average Bonchev–Trinajstić information content (AvgIpc) is 2.52. The fraction of sp³-hybridized carbons (Fsp3) is 0.125. The van der Waals surface area contributed by atoms with E-state index in [4.69, 9.17) is 4.74 Å². The molecule has 0 unspecified atom stereocenters. The molecule has 1 aliphatic rings. The lowest BCUT2D eigenvalue weighted by molar-refractivity contribution is -0.113. The maximum absolute atomic E-state index is 12.1. The highest BCUT2D eigenvalue weighted by Gasteiger charge is 2.17. The van der Waals surface area contributed by atoms with E-state index in [0.29, 0.717) is 17.0 Å². The second-order valence-electron chi connectivity index (χ2n) is 4.75. The molecular formula is C16H12BrNO3S. The van der Waals surface area contributed by atoms with Crippen molar-refractivity contribution in [2.24, 2.45) is 0 Å². The van der Waals surface area contributed by atoms with Crippen LogP contribution < -0.4 is 5.32 Å². The van der Waals surface area contributed by atoms with Crippen molar-refractivity contribution >= 4 is 45.3 Å². The molecule has 1 aliphatic heterocycles. The summed E-state index contributed by atoms with van der Waals surface area (Å²) < 4.78 is 6.25. The minimum atomic E-state index is -0.410. The van der Waals surface area contributed by atoms with Crippen LogP contribution >= 0.6 is 27.7 Å². The van der Waals surface area contributed by atoms with Crippen molar-refractivity contribution in [2.45, 2.75) is 11.5 Å². The highest BCUT2D eigenvalue weighted by Crippen LogP contribution is 2.32. The molecule has 0 radical (unpaired) electrons. The number of carbonyl (C=O) groups excluding carboxylic acids is 2. The first-order chi connectivity index (χ1) is 10.6. The molecule has 0 bridgehead atoms. The Labute approximate surface area is 140 Å². The zero-order chi connectivity index (χ0) is 15.5. The number of halogens is 1. The molecule has 2 aromatic carbocycles. The molecule has 1 amide bonds. The van der Waals surface area contributed by atoms with Crippen LogP contribution in [0, 0.1) is 0 Å². The van der Waals surface area contributed by atoms with Gasteiger partial charge in [0.2, 0.25) is 5.91 Å². The van der Waals surface area contributed by atoms with Crippen LogP contribution in [0.3, 0.4) is 0 Å². The zero-order valence-corrected chi connectivity index (χ0v) is 13.9. The Kier molecular flexibility index (Phi) is 4.49. The highest BCUT2D eigenvalue weighted by atomic mass is 79.9. The minimum absolute atomic E-state index is 0.0582. The largest absolute Gasteiger partial charge is 0.457 e. The van der Waals surface area contributed by atoms with Gasteiger partial charge in [0.1, 0.15) is 6.61 Å². The summed E-state index contributed by atoms with van der Waals surface area (Å²) in [6.45, 7) is 0.205.